The van der Waals surface area contributed by atoms with Crippen molar-refractivity contribution in [1.29, 1.82) is 5.26 Å². The summed E-state index contributed by atoms with van der Waals surface area (Å²) in [6.45, 7) is 2.31. The van der Waals surface area contributed by atoms with Gasteiger partial charge in [0.25, 0.3) is 5.91 Å². The second-order valence-corrected chi connectivity index (χ2v) is 7.12. The summed E-state index contributed by atoms with van der Waals surface area (Å²) >= 11 is 6.07. The molecular formula is C25H20ClFN2O2. The number of nitriles is 1. The van der Waals surface area contributed by atoms with Crippen molar-refractivity contribution in [3.8, 4) is 11.8 Å². The number of amides is 1. The van der Waals surface area contributed by atoms with E-state index in [9.17, 15) is 14.4 Å². The SMILES string of the molecule is CCOc1cc(/C=C(\C#N)C(=O)Nc2ccccc2Cl)ccc1Cc1cccc(F)c1. The van der Waals surface area contributed by atoms with E-state index in [1.165, 1.54) is 18.2 Å². The molecule has 0 bridgehead atoms. The van der Waals surface area contributed by atoms with Crippen molar-refractivity contribution in [2.45, 2.75) is 13.3 Å². The molecule has 0 saturated heterocycles. The molecule has 31 heavy (non-hydrogen) atoms. The average molecular weight is 435 g/mol. The predicted molar refractivity (Wildman–Crippen MR) is 120 cm³/mol. The van der Waals surface area contributed by atoms with Crippen LogP contribution in [0.3, 0.4) is 0 Å². The summed E-state index contributed by atoms with van der Waals surface area (Å²) in [7, 11) is 0. The maximum absolute atomic E-state index is 13.5. The molecule has 0 aliphatic carbocycles. The topological polar surface area (TPSA) is 62.1 Å². The Bertz CT molecular complexity index is 1170. The Morgan fingerprint density at radius 1 is 1.16 bits per heavy atom. The number of benzene rings is 3. The standard InChI is InChI=1S/C25H20ClFN2O2/c1-2-31-24-15-18(10-11-19(24)12-17-6-5-7-21(27)14-17)13-20(16-28)25(30)29-23-9-4-3-8-22(23)26/h3-11,13-15H,2,12H2,1H3,(H,29,30)/b20-13+. The number of rotatable bonds is 7. The lowest BCUT2D eigenvalue weighted by atomic mass is 10.0. The van der Waals surface area contributed by atoms with Gasteiger partial charge in [0, 0.05) is 6.42 Å². The largest absolute Gasteiger partial charge is 0.494 e. The number of hydrogen-bond donors (Lipinski definition) is 1. The van der Waals surface area contributed by atoms with Crippen molar-refractivity contribution in [3.63, 3.8) is 0 Å². The zero-order valence-corrected chi connectivity index (χ0v) is 17.6. The van der Waals surface area contributed by atoms with Crippen LogP contribution in [0.5, 0.6) is 5.75 Å². The molecule has 3 aromatic carbocycles. The fourth-order valence-corrected chi connectivity index (χ4v) is 3.21. The highest BCUT2D eigenvalue weighted by Crippen LogP contribution is 2.26. The molecule has 0 unspecified atom stereocenters. The number of halogens is 2. The number of carbonyl (C=O) groups is 1. The quantitative estimate of drug-likeness (QED) is 0.365. The Labute approximate surface area is 185 Å². The van der Waals surface area contributed by atoms with Gasteiger partial charge in [0.15, 0.2) is 0 Å². The normalized spacial score (nSPS) is 11.0. The van der Waals surface area contributed by atoms with Gasteiger partial charge in [-0.05, 0) is 60.0 Å². The minimum absolute atomic E-state index is 0.0692. The molecule has 0 atom stereocenters. The second kappa shape index (κ2) is 10.4. The van der Waals surface area contributed by atoms with Crippen LogP contribution in [0, 0.1) is 17.1 Å². The van der Waals surface area contributed by atoms with Gasteiger partial charge in [-0.2, -0.15) is 5.26 Å². The van der Waals surface area contributed by atoms with Gasteiger partial charge in [0.1, 0.15) is 23.2 Å². The molecule has 0 heterocycles. The fraction of sp³-hybridized carbons (Fsp3) is 0.120. The van der Waals surface area contributed by atoms with E-state index in [0.29, 0.717) is 35.1 Å². The predicted octanol–water partition coefficient (Wildman–Crippen LogP) is 6.01. The number of para-hydroxylation sites is 1. The monoisotopic (exact) mass is 434 g/mol. The van der Waals surface area contributed by atoms with Crippen LogP contribution < -0.4 is 10.1 Å². The van der Waals surface area contributed by atoms with Crippen molar-refractivity contribution < 1.29 is 13.9 Å². The molecule has 6 heteroatoms. The van der Waals surface area contributed by atoms with Crippen LogP contribution in [-0.2, 0) is 11.2 Å². The van der Waals surface area contributed by atoms with Crippen molar-refractivity contribution in [2.75, 3.05) is 11.9 Å². The number of carbonyl (C=O) groups excluding carboxylic acids is 1. The molecule has 0 saturated carbocycles. The summed E-state index contributed by atoms with van der Waals surface area (Å²) in [5, 5.41) is 12.5. The van der Waals surface area contributed by atoms with Crippen molar-refractivity contribution in [1.82, 2.24) is 0 Å². The summed E-state index contributed by atoms with van der Waals surface area (Å²) in [4.78, 5) is 12.5. The van der Waals surface area contributed by atoms with Gasteiger partial charge in [0.2, 0.25) is 0 Å². The van der Waals surface area contributed by atoms with E-state index in [2.05, 4.69) is 5.32 Å². The molecule has 0 aliphatic rings. The van der Waals surface area contributed by atoms with E-state index < -0.39 is 5.91 Å². The smallest absolute Gasteiger partial charge is 0.266 e. The van der Waals surface area contributed by atoms with Crippen LogP contribution in [-0.4, -0.2) is 12.5 Å². The molecular weight excluding hydrogens is 415 g/mol. The molecule has 3 aromatic rings. The van der Waals surface area contributed by atoms with Gasteiger partial charge in [-0.1, -0.05) is 48.0 Å². The number of hydrogen-bond acceptors (Lipinski definition) is 3. The molecule has 0 radical (unpaired) electrons. The maximum atomic E-state index is 13.5. The van der Waals surface area contributed by atoms with Gasteiger partial charge < -0.3 is 10.1 Å². The molecule has 0 spiro atoms. The Kier molecular flexibility index (Phi) is 7.42. The summed E-state index contributed by atoms with van der Waals surface area (Å²) in [6, 6.07) is 20.5. The van der Waals surface area contributed by atoms with E-state index in [1.54, 1.807) is 42.5 Å². The van der Waals surface area contributed by atoms with Crippen molar-refractivity contribution >= 4 is 29.3 Å². The molecule has 0 fully saturated rings. The molecule has 0 aliphatic heterocycles. The maximum Gasteiger partial charge on any atom is 0.266 e. The first-order chi connectivity index (χ1) is 15.0. The van der Waals surface area contributed by atoms with Gasteiger partial charge in [-0.25, -0.2) is 4.39 Å². The first-order valence-electron chi connectivity index (χ1n) is 9.68. The van der Waals surface area contributed by atoms with E-state index in [-0.39, 0.29) is 11.4 Å². The van der Waals surface area contributed by atoms with E-state index >= 15 is 0 Å². The van der Waals surface area contributed by atoms with E-state index in [0.717, 1.165) is 11.1 Å². The highest BCUT2D eigenvalue weighted by Gasteiger charge is 2.12. The highest BCUT2D eigenvalue weighted by molar-refractivity contribution is 6.34. The van der Waals surface area contributed by atoms with Crippen LogP contribution in [0.2, 0.25) is 5.02 Å². The molecule has 4 nitrogen and oxygen atoms in total. The van der Waals surface area contributed by atoms with E-state index in [1.807, 2.05) is 25.1 Å². The number of ether oxygens (including phenoxy) is 1. The second-order valence-electron chi connectivity index (χ2n) is 6.71. The molecule has 3 rings (SSSR count). The third-order valence-corrected chi connectivity index (χ3v) is 4.80. The first kappa shape index (κ1) is 22.1. The third-order valence-electron chi connectivity index (χ3n) is 4.47. The highest BCUT2D eigenvalue weighted by atomic mass is 35.5. The minimum atomic E-state index is -0.558. The Balaban J connectivity index is 1.86. The third kappa shape index (κ3) is 5.94. The zero-order valence-electron chi connectivity index (χ0n) is 16.9. The number of anilines is 1. The lowest BCUT2D eigenvalue weighted by Crippen LogP contribution is -2.13. The molecule has 1 N–H and O–H groups in total. The van der Waals surface area contributed by atoms with Gasteiger partial charge in [0.05, 0.1) is 17.3 Å². The van der Waals surface area contributed by atoms with E-state index in [4.69, 9.17) is 16.3 Å². The van der Waals surface area contributed by atoms with Gasteiger partial charge in [-0.15, -0.1) is 0 Å². The van der Waals surface area contributed by atoms with Crippen LogP contribution in [0.25, 0.3) is 6.08 Å². The van der Waals surface area contributed by atoms with Crippen LogP contribution in [0.15, 0.2) is 72.3 Å². The average Bonchev–Trinajstić information content (AvgIpc) is 2.75. The molecule has 156 valence electrons. The zero-order chi connectivity index (χ0) is 22.2. The lowest BCUT2D eigenvalue weighted by molar-refractivity contribution is -0.112. The summed E-state index contributed by atoms with van der Waals surface area (Å²) < 4.78 is 19.2. The Morgan fingerprint density at radius 3 is 2.68 bits per heavy atom. The van der Waals surface area contributed by atoms with Crippen LogP contribution in [0.4, 0.5) is 10.1 Å². The van der Waals surface area contributed by atoms with Crippen LogP contribution >= 0.6 is 11.6 Å². The Morgan fingerprint density at radius 2 is 1.97 bits per heavy atom. The Hall–Kier alpha value is -3.62. The fourth-order valence-electron chi connectivity index (χ4n) is 3.03. The summed E-state index contributed by atoms with van der Waals surface area (Å²) in [6.07, 6.45) is 1.98. The molecule has 1 amide bonds. The lowest BCUT2D eigenvalue weighted by Gasteiger charge is -2.12. The van der Waals surface area contributed by atoms with Crippen LogP contribution in [0.1, 0.15) is 23.6 Å². The van der Waals surface area contributed by atoms with Crippen molar-refractivity contribution in [3.05, 3.63) is 99.8 Å². The van der Waals surface area contributed by atoms with Gasteiger partial charge >= 0.3 is 0 Å². The first-order valence-corrected chi connectivity index (χ1v) is 10.1. The van der Waals surface area contributed by atoms with Gasteiger partial charge in [-0.3, -0.25) is 4.79 Å². The number of nitrogens with zero attached hydrogens (tertiary/aromatic N) is 1. The van der Waals surface area contributed by atoms with Crippen molar-refractivity contribution in [2.24, 2.45) is 0 Å². The number of nitrogens with one attached hydrogen (secondary N) is 1. The summed E-state index contributed by atoms with van der Waals surface area (Å²) in [5.41, 5.74) is 2.69. The molecule has 0 aromatic heterocycles. The summed E-state index contributed by atoms with van der Waals surface area (Å²) in [5.74, 6) is -0.236. The minimum Gasteiger partial charge on any atom is -0.494 e.